The van der Waals surface area contributed by atoms with Gasteiger partial charge in [0.1, 0.15) is 0 Å². The minimum atomic E-state index is -0.226. The Morgan fingerprint density at radius 3 is 2.70 bits per heavy atom. The second-order valence-corrected chi connectivity index (χ2v) is 2.94. The highest BCUT2D eigenvalue weighted by Gasteiger charge is 2.16. The third-order valence-corrected chi connectivity index (χ3v) is 1.59. The Balaban J connectivity index is 2.85. The highest BCUT2D eigenvalue weighted by molar-refractivity contribution is 4.85. The molecule has 0 unspecified atom stereocenters. The van der Waals surface area contributed by atoms with E-state index in [2.05, 4.69) is 4.98 Å². The van der Waals surface area contributed by atoms with Crippen molar-refractivity contribution in [1.29, 1.82) is 0 Å². The zero-order valence-electron chi connectivity index (χ0n) is 6.28. The van der Waals surface area contributed by atoms with Crippen LogP contribution in [0.25, 0.3) is 0 Å². The van der Waals surface area contributed by atoms with Crippen LogP contribution in [0.3, 0.4) is 0 Å². The topological polar surface area (TPSA) is 38.0 Å². The number of rotatable bonds is 2. The molecule has 0 bridgehead atoms. The molecule has 0 fully saturated rings. The van der Waals surface area contributed by atoms with Crippen molar-refractivity contribution in [3.8, 4) is 0 Å². The van der Waals surface area contributed by atoms with Gasteiger partial charge in [0.2, 0.25) is 0 Å². The highest BCUT2D eigenvalue weighted by Crippen LogP contribution is 2.11. The molecule has 1 heterocycles. The van der Waals surface area contributed by atoms with Gasteiger partial charge in [0.15, 0.2) is 0 Å². The predicted molar refractivity (Wildman–Crippen MR) is 38.6 cm³/mol. The van der Waals surface area contributed by atoms with Gasteiger partial charge >= 0.3 is 0 Å². The van der Waals surface area contributed by atoms with Gasteiger partial charge in [-0.05, 0) is 13.8 Å². The van der Waals surface area contributed by atoms with Crippen LogP contribution in [0.4, 0.5) is 0 Å². The minimum Gasteiger partial charge on any atom is -0.394 e. The molecule has 0 spiro atoms. The number of aliphatic hydroxyl groups excluding tert-OH is 1. The molecule has 0 saturated heterocycles. The van der Waals surface area contributed by atoms with Gasteiger partial charge in [0.25, 0.3) is 0 Å². The predicted octanol–water partition coefficient (Wildman–Crippen LogP) is 0.611. The fourth-order valence-corrected chi connectivity index (χ4v) is 0.699. The quantitative estimate of drug-likeness (QED) is 0.653. The fourth-order valence-electron chi connectivity index (χ4n) is 0.699. The third kappa shape index (κ3) is 1.19. The van der Waals surface area contributed by atoms with Crippen molar-refractivity contribution in [2.75, 3.05) is 6.61 Å². The van der Waals surface area contributed by atoms with Crippen LogP contribution in [-0.4, -0.2) is 21.3 Å². The second-order valence-electron chi connectivity index (χ2n) is 2.94. The summed E-state index contributed by atoms with van der Waals surface area (Å²) in [5.74, 6) is 0. The standard InChI is InChI=1S/C7H12N2O/c1-7(2,5-10)9-4-3-8-6-9/h3-4,6,10H,5H2,1-2H3. The zero-order valence-corrected chi connectivity index (χ0v) is 6.28. The number of aliphatic hydroxyl groups is 1. The van der Waals surface area contributed by atoms with E-state index in [1.807, 2.05) is 24.6 Å². The Morgan fingerprint density at radius 2 is 2.30 bits per heavy atom. The summed E-state index contributed by atoms with van der Waals surface area (Å²) >= 11 is 0. The molecule has 10 heavy (non-hydrogen) atoms. The molecule has 0 radical (unpaired) electrons. The average Bonchev–Trinajstić information content (AvgIpc) is 2.38. The van der Waals surface area contributed by atoms with E-state index in [0.717, 1.165) is 0 Å². The van der Waals surface area contributed by atoms with Crippen molar-refractivity contribution in [2.45, 2.75) is 19.4 Å². The summed E-state index contributed by atoms with van der Waals surface area (Å²) in [6.45, 7) is 4.03. The summed E-state index contributed by atoms with van der Waals surface area (Å²) in [6, 6.07) is 0. The fraction of sp³-hybridized carbons (Fsp3) is 0.571. The summed E-state index contributed by atoms with van der Waals surface area (Å²) in [6.07, 6.45) is 5.25. The van der Waals surface area contributed by atoms with Gasteiger partial charge in [0.05, 0.1) is 18.5 Å². The summed E-state index contributed by atoms with van der Waals surface area (Å²) in [4.78, 5) is 3.89. The molecule has 1 rings (SSSR count). The SMILES string of the molecule is CC(C)(CO)n1ccnc1. The first-order chi connectivity index (χ1) is 4.67. The molecule has 0 aliphatic heterocycles. The molecule has 0 aliphatic carbocycles. The maximum Gasteiger partial charge on any atom is 0.0951 e. The largest absolute Gasteiger partial charge is 0.394 e. The van der Waals surface area contributed by atoms with Gasteiger partial charge in [0, 0.05) is 12.4 Å². The van der Waals surface area contributed by atoms with Crippen LogP contribution < -0.4 is 0 Å². The van der Waals surface area contributed by atoms with E-state index in [-0.39, 0.29) is 12.1 Å². The molecule has 1 aromatic heterocycles. The molecule has 0 aliphatic rings. The zero-order chi connectivity index (χ0) is 7.61. The summed E-state index contributed by atoms with van der Waals surface area (Å²) < 4.78 is 1.88. The Bertz CT molecular complexity index is 191. The lowest BCUT2D eigenvalue weighted by atomic mass is 10.1. The second kappa shape index (κ2) is 2.42. The van der Waals surface area contributed by atoms with E-state index in [1.165, 1.54) is 0 Å². The smallest absolute Gasteiger partial charge is 0.0951 e. The van der Waals surface area contributed by atoms with E-state index in [4.69, 9.17) is 5.11 Å². The van der Waals surface area contributed by atoms with Crippen LogP contribution in [0.2, 0.25) is 0 Å². The molecule has 1 aromatic rings. The van der Waals surface area contributed by atoms with Crippen LogP contribution in [0.5, 0.6) is 0 Å². The van der Waals surface area contributed by atoms with Crippen molar-refractivity contribution in [3.63, 3.8) is 0 Å². The number of hydrogen-bond donors (Lipinski definition) is 1. The van der Waals surface area contributed by atoms with Crippen molar-refractivity contribution >= 4 is 0 Å². The number of aromatic nitrogens is 2. The van der Waals surface area contributed by atoms with Gasteiger partial charge in [-0.25, -0.2) is 4.98 Å². The first kappa shape index (κ1) is 7.28. The Hall–Kier alpha value is -0.830. The van der Waals surface area contributed by atoms with Crippen LogP contribution in [0.15, 0.2) is 18.7 Å². The first-order valence-corrected chi connectivity index (χ1v) is 3.26. The van der Waals surface area contributed by atoms with E-state index >= 15 is 0 Å². The lowest BCUT2D eigenvalue weighted by molar-refractivity contribution is 0.164. The monoisotopic (exact) mass is 140 g/mol. The minimum absolute atomic E-state index is 0.128. The van der Waals surface area contributed by atoms with Crippen molar-refractivity contribution in [3.05, 3.63) is 18.7 Å². The van der Waals surface area contributed by atoms with Crippen molar-refractivity contribution < 1.29 is 5.11 Å². The van der Waals surface area contributed by atoms with Crippen molar-refractivity contribution in [1.82, 2.24) is 9.55 Å². The number of nitrogens with zero attached hydrogens (tertiary/aromatic N) is 2. The number of hydrogen-bond acceptors (Lipinski definition) is 2. The van der Waals surface area contributed by atoms with Crippen molar-refractivity contribution in [2.24, 2.45) is 0 Å². The van der Waals surface area contributed by atoms with Gasteiger partial charge < -0.3 is 9.67 Å². The van der Waals surface area contributed by atoms with Crippen LogP contribution in [-0.2, 0) is 5.54 Å². The van der Waals surface area contributed by atoms with Gasteiger partial charge in [-0.1, -0.05) is 0 Å². The van der Waals surface area contributed by atoms with Crippen LogP contribution in [0, 0.1) is 0 Å². The molecule has 0 aromatic carbocycles. The van der Waals surface area contributed by atoms with E-state index in [1.54, 1.807) is 12.5 Å². The van der Waals surface area contributed by atoms with Gasteiger partial charge in [-0.3, -0.25) is 0 Å². The third-order valence-electron chi connectivity index (χ3n) is 1.59. The normalized spacial score (nSPS) is 11.9. The van der Waals surface area contributed by atoms with Crippen LogP contribution >= 0.6 is 0 Å². The number of imidazole rings is 1. The molecule has 0 saturated carbocycles. The lowest BCUT2D eigenvalue weighted by Gasteiger charge is -2.22. The molecular formula is C7H12N2O. The maximum atomic E-state index is 8.92. The summed E-state index contributed by atoms with van der Waals surface area (Å²) in [5, 5.41) is 8.92. The van der Waals surface area contributed by atoms with E-state index in [0.29, 0.717) is 0 Å². The molecule has 1 N–H and O–H groups in total. The average molecular weight is 140 g/mol. The maximum absolute atomic E-state index is 8.92. The molecule has 0 atom stereocenters. The summed E-state index contributed by atoms with van der Waals surface area (Å²) in [7, 11) is 0. The molecule has 3 nitrogen and oxygen atoms in total. The summed E-state index contributed by atoms with van der Waals surface area (Å²) in [5.41, 5.74) is -0.226. The molecule has 56 valence electrons. The van der Waals surface area contributed by atoms with Crippen LogP contribution in [0.1, 0.15) is 13.8 Å². The lowest BCUT2D eigenvalue weighted by Crippen LogP contribution is -2.28. The van der Waals surface area contributed by atoms with E-state index in [9.17, 15) is 0 Å². The molecule has 0 amide bonds. The Morgan fingerprint density at radius 1 is 1.60 bits per heavy atom. The Labute approximate surface area is 60.3 Å². The van der Waals surface area contributed by atoms with E-state index < -0.39 is 0 Å². The Kier molecular flexibility index (Phi) is 1.76. The molecular weight excluding hydrogens is 128 g/mol. The first-order valence-electron chi connectivity index (χ1n) is 3.26. The van der Waals surface area contributed by atoms with Gasteiger partial charge in [-0.15, -0.1) is 0 Å². The van der Waals surface area contributed by atoms with Gasteiger partial charge in [-0.2, -0.15) is 0 Å². The molecule has 3 heteroatoms. The highest BCUT2D eigenvalue weighted by atomic mass is 16.3.